The van der Waals surface area contributed by atoms with Crippen LogP contribution in [0, 0.1) is 0 Å². The maximum atomic E-state index is 12.8. The van der Waals surface area contributed by atoms with Crippen molar-refractivity contribution >= 4 is 11.8 Å². The van der Waals surface area contributed by atoms with Gasteiger partial charge in [-0.25, -0.2) is 0 Å². The third-order valence-electron chi connectivity index (χ3n) is 3.49. The Kier molecular flexibility index (Phi) is 5.93. The highest BCUT2D eigenvalue weighted by atomic mass is 32.2. The SMILES string of the molecule is COc1nc(Oc2ccc(Oc3cccc(C(F)(F)F)c3)cc2)cc(SC)n1. The first-order chi connectivity index (χ1) is 13.4. The lowest BCUT2D eigenvalue weighted by Crippen LogP contribution is -2.04. The Bertz CT molecular complexity index is 928. The van der Waals surface area contributed by atoms with Crippen LogP contribution in [0.1, 0.15) is 5.56 Å². The Morgan fingerprint density at radius 2 is 1.54 bits per heavy atom. The first-order valence-corrected chi connectivity index (χ1v) is 9.20. The number of alkyl halides is 3. The number of rotatable bonds is 6. The van der Waals surface area contributed by atoms with Crippen molar-refractivity contribution in [3.8, 4) is 29.1 Å². The third-order valence-corrected chi connectivity index (χ3v) is 4.12. The Balaban J connectivity index is 1.72. The number of aromatic nitrogens is 2. The Labute approximate surface area is 163 Å². The van der Waals surface area contributed by atoms with Crippen LogP contribution >= 0.6 is 11.8 Å². The van der Waals surface area contributed by atoms with Crippen molar-refractivity contribution < 1.29 is 27.4 Å². The predicted molar refractivity (Wildman–Crippen MR) is 98.4 cm³/mol. The maximum absolute atomic E-state index is 12.8. The minimum atomic E-state index is -4.43. The van der Waals surface area contributed by atoms with Crippen molar-refractivity contribution in [3.05, 3.63) is 60.2 Å². The molecule has 9 heteroatoms. The molecule has 0 N–H and O–H groups in total. The number of methoxy groups -OCH3 is 1. The summed E-state index contributed by atoms with van der Waals surface area (Å²) in [6.45, 7) is 0. The van der Waals surface area contributed by atoms with E-state index in [2.05, 4.69) is 9.97 Å². The largest absolute Gasteiger partial charge is 0.467 e. The number of benzene rings is 2. The van der Waals surface area contributed by atoms with Crippen LogP contribution < -0.4 is 14.2 Å². The molecule has 0 unspecified atom stereocenters. The monoisotopic (exact) mass is 408 g/mol. The van der Waals surface area contributed by atoms with E-state index in [0.717, 1.165) is 12.1 Å². The number of ether oxygens (including phenoxy) is 3. The van der Waals surface area contributed by atoms with E-state index in [1.54, 1.807) is 30.3 Å². The zero-order valence-corrected chi connectivity index (χ0v) is 15.7. The number of thioether (sulfide) groups is 1. The molecule has 0 aliphatic heterocycles. The lowest BCUT2D eigenvalue weighted by atomic mass is 10.2. The highest BCUT2D eigenvalue weighted by Gasteiger charge is 2.30. The molecule has 28 heavy (non-hydrogen) atoms. The van der Waals surface area contributed by atoms with Crippen LogP contribution in [0.2, 0.25) is 0 Å². The van der Waals surface area contributed by atoms with Crippen molar-refractivity contribution in [2.24, 2.45) is 0 Å². The van der Waals surface area contributed by atoms with Crippen molar-refractivity contribution in [2.45, 2.75) is 11.2 Å². The summed E-state index contributed by atoms with van der Waals surface area (Å²) in [6.07, 6.45) is -2.56. The number of halogens is 3. The fraction of sp³-hybridized carbons (Fsp3) is 0.158. The topological polar surface area (TPSA) is 53.5 Å². The molecule has 5 nitrogen and oxygen atoms in total. The molecule has 2 aromatic carbocycles. The van der Waals surface area contributed by atoms with Crippen molar-refractivity contribution in [2.75, 3.05) is 13.4 Å². The number of hydrogen-bond donors (Lipinski definition) is 0. The number of hydrogen-bond acceptors (Lipinski definition) is 6. The standard InChI is InChI=1S/C19H15F3N2O3S/c1-25-18-23-16(11-17(24-18)28-2)27-14-8-6-13(7-9-14)26-15-5-3-4-12(10-15)19(20,21)22/h3-11H,1-2H3. The summed E-state index contributed by atoms with van der Waals surface area (Å²) in [6, 6.07) is 13.0. The van der Waals surface area contributed by atoms with E-state index in [9.17, 15) is 13.2 Å². The van der Waals surface area contributed by atoms with Crippen LogP contribution in [-0.4, -0.2) is 23.3 Å². The zero-order valence-electron chi connectivity index (χ0n) is 14.9. The van der Waals surface area contributed by atoms with Crippen LogP contribution in [0.4, 0.5) is 13.2 Å². The molecule has 1 aromatic heterocycles. The van der Waals surface area contributed by atoms with Gasteiger partial charge in [0.05, 0.1) is 12.7 Å². The molecule has 0 bridgehead atoms. The van der Waals surface area contributed by atoms with Gasteiger partial charge in [0.25, 0.3) is 0 Å². The Hall–Kier alpha value is -2.94. The van der Waals surface area contributed by atoms with Gasteiger partial charge in [0.15, 0.2) is 0 Å². The lowest BCUT2D eigenvalue weighted by molar-refractivity contribution is -0.137. The van der Waals surface area contributed by atoms with Gasteiger partial charge in [-0.2, -0.15) is 23.1 Å². The predicted octanol–water partition coefficient (Wildman–Crippen LogP) is 5.81. The van der Waals surface area contributed by atoms with E-state index < -0.39 is 11.7 Å². The molecule has 0 aliphatic rings. The van der Waals surface area contributed by atoms with Crippen LogP contribution in [0.25, 0.3) is 0 Å². The summed E-state index contributed by atoms with van der Waals surface area (Å²) in [5.74, 6) is 1.25. The molecule has 0 saturated heterocycles. The smallest absolute Gasteiger partial charge is 0.416 e. The Morgan fingerprint density at radius 1 is 0.857 bits per heavy atom. The van der Waals surface area contributed by atoms with E-state index in [-0.39, 0.29) is 11.8 Å². The molecule has 0 spiro atoms. The summed E-state index contributed by atoms with van der Waals surface area (Å²) in [5, 5.41) is 0.686. The van der Waals surface area contributed by atoms with E-state index in [1.807, 2.05) is 6.26 Å². The van der Waals surface area contributed by atoms with Gasteiger partial charge in [-0.15, -0.1) is 11.8 Å². The van der Waals surface area contributed by atoms with Crippen LogP contribution in [-0.2, 0) is 6.18 Å². The second kappa shape index (κ2) is 8.39. The quantitative estimate of drug-likeness (QED) is 0.379. The molecule has 3 rings (SSSR count). The summed E-state index contributed by atoms with van der Waals surface area (Å²) < 4.78 is 54.6. The normalized spacial score (nSPS) is 11.2. The molecule has 0 saturated carbocycles. The maximum Gasteiger partial charge on any atom is 0.416 e. The summed E-state index contributed by atoms with van der Waals surface area (Å²) in [5.41, 5.74) is -0.771. The molecule has 0 fully saturated rings. The molecular weight excluding hydrogens is 393 g/mol. The molecule has 1 heterocycles. The molecule has 3 aromatic rings. The van der Waals surface area contributed by atoms with Gasteiger partial charge in [-0.05, 0) is 48.7 Å². The number of nitrogens with zero attached hydrogens (tertiary/aromatic N) is 2. The van der Waals surface area contributed by atoms with Gasteiger partial charge in [-0.1, -0.05) is 6.07 Å². The fourth-order valence-corrected chi connectivity index (χ4v) is 2.59. The molecule has 0 amide bonds. The summed E-state index contributed by atoms with van der Waals surface area (Å²) in [4.78, 5) is 8.26. The zero-order chi connectivity index (χ0) is 20.1. The van der Waals surface area contributed by atoms with E-state index in [4.69, 9.17) is 14.2 Å². The van der Waals surface area contributed by atoms with Gasteiger partial charge in [0.2, 0.25) is 5.88 Å². The minimum absolute atomic E-state index is 0.0913. The first-order valence-electron chi connectivity index (χ1n) is 7.97. The van der Waals surface area contributed by atoms with Gasteiger partial charge < -0.3 is 14.2 Å². The second-order valence-electron chi connectivity index (χ2n) is 5.44. The van der Waals surface area contributed by atoms with Crippen molar-refractivity contribution in [3.63, 3.8) is 0 Å². The van der Waals surface area contributed by atoms with Gasteiger partial charge in [0.1, 0.15) is 22.3 Å². The molecule has 0 radical (unpaired) electrons. The van der Waals surface area contributed by atoms with Gasteiger partial charge >= 0.3 is 12.2 Å². The summed E-state index contributed by atoms with van der Waals surface area (Å²) in [7, 11) is 1.46. The van der Waals surface area contributed by atoms with E-state index in [1.165, 1.54) is 31.0 Å². The third kappa shape index (κ3) is 5.07. The summed E-state index contributed by atoms with van der Waals surface area (Å²) >= 11 is 1.42. The molecular formula is C19H15F3N2O3S. The Morgan fingerprint density at radius 3 is 2.14 bits per heavy atom. The fourth-order valence-electron chi connectivity index (χ4n) is 2.20. The highest BCUT2D eigenvalue weighted by molar-refractivity contribution is 7.98. The molecule has 146 valence electrons. The van der Waals surface area contributed by atoms with Crippen molar-refractivity contribution in [1.82, 2.24) is 9.97 Å². The van der Waals surface area contributed by atoms with Crippen LogP contribution in [0.5, 0.6) is 29.1 Å². The van der Waals surface area contributed by atoms with E-state index >= 15 is 0 Å². The highest BCUT2D eigenvalue weighted by Crippen LogP contribution is 2.33. The van der Waals surface area contributed by atoms with Gasteiger partial charge in [0, 0.05) is 6.07 Å². The minimum Gasteiger partial charge on any atom is -0.467 e. The average Bonchev–Trinajstić information content (AvgIpc) is 2.68. The average molecular weight is 408 g/mol. The van der Waals surface area contributed by atoms with E-state index in [0.29, 0.717) is 22.4 Å². The lowest BCUT2D eigenvalue weighted by Gasteiger charge is -2.11. The van der Waals surface area contributed by atoms with Gasteiger partial charge in [-0.3, -0.25) is 0 Å². The second-order valence-corrected chi connectivity index (χ2v) is 6.26. The van der Waals surface area contributed by atoms with Crippen molar-refractivity contribution in [1.29, 1.82) is 0 Å². The molecule has 0 atom stereocenters. The van der Waals surface area contributed by atoms with Crippen LogP contribution in [0.15, 0.2) is 59.6 Å². The first kappa shape index (κ1) is 19.8. The van der Waals surface area contributed by atoms with Crippen LogP contribution in [0.3, 0.4) is 0 Å². The molecule has 0 aliphatic carbocycles.